The van der Waals surface area contributed by atoms with Gasteiger partial charge in [0.2, 0.25) is 11.9 Å². The normalized spacial score (nSPS) is 14.8. The van der Waals surface area contributed by atoms with E-state index >= 15 is 0 Å². The Balaban J connectivity index is 1.71. The molecular formula is C19H25N7S. The maximum Gasteiger partial charge on any atom is 0.229 e. The maximum absolute atomic E-state index is 5.47. The van der Waals surface area contributed by atoms with Crippen LogP contribution in [0.3, 0.4) is 0 Å². The lowest BCUT2D eigenvalue weighted by Gasteiger charge is -2.17. The Morgan fingerprint density at radius 3 is 2.63 bits per heavy atom. The molecule has 2 aromatic heterocycles. The summed E-state index contributed by atoms with van der Waals surface area (Å²) >= 11 is 5.47. The lowest BCUT2D eigenvalue weighted by Crippen LogP contribution is -2.46. The third-order valence-corrected chi connectivity index (χ3v) is 4.50. The molecule has 8 heteroatoms. The lowest BCUT2D eigenvalue weighted by molar-refractivity contribution is 0.629. The highest BCUT2D eigenvalue weighted by Crippen LogP contribution is 2.17. The quantitative estimate of drug-likeness (QED) is 0.425. The molecule has 0 atom stereocenters. The Labute approximate surface area is 165 Å². The van der Waals surface area contributed by atoms with Crippen molar-refractivity contribution in [3.63, 3.8) is 0 Å². The fourth-order valence-corrected chi connectivity index (χ4v) is 3.32. The van der Waals surface area contributed by atoms with Crippen LogP contribution >= 0.6 is 12.2 Å². The van der Waals surface area contributed by atoms with E-state index in [9.17, 15) is 0 Å². The number of pyridine rings is 1. The summed E-state index contributed by atoms with van der Waals surface area (Å²) in [7, 11) is 0. The molecule has 2 aromatic rings. The van der Waals surface area contributed by atoms with Crippen LogP contribution in [0.15, 0.2) is 35.6 Å². The highest BCUT2D eigenvalue weighted by Gasteiger charge is 2.16. The Kier molecular flexibility index (Phi) is 6.64. The summed E-state index contributed by atoms with van der Waals surface area (Å²) < 4.78 is 0. The average Bonchev–Trinajstić information content (AvgIpc) is 3.12. The molecular weight excluding hydrogens is 358 g/mol. The number of nitrogens with zero attached hydrogens (tertiary/aromatic N) is 4. The molecule has 1 aliphatic carbocycles. The van der Waals surface area contributed by atoms with Crippen LogP contribution in [-0.4, -0.2) is 32.1 Å². The number of guanidine groups is 1. The molecule has 0 bridgehead atoms. The minimum Gasteiger partial charge on any atom is -0.360 e. The molecule has 0 saturated heterocycles. The van der Waals surface area contributed by atoms with Gasteiger partial charge in [-0.2, -0.15) is 0 Å². The summed E-state index contributed by atoms with van der Waals surface area (Å²) in [6.07, 6.45) is 8.33. The van der Waals surface area contributed by atoms with Crippen LogP contribution in [0, 0.1) is 13.8 Å². The van der Waals surface area contributed by atoms with E-state index in [-0.39, 0.29) is 0 Å². The van der Waals surface area contributed by atoms with Gasteiger partial charge in [-0.15, -0.1) is 0 Å². The average molecular weight is 384 g/mol. The van der Waals surface area contributed by atoms with Crippen molar-refractivity contribution in [2.75, 3.05) is 5.32 Å². The van der Waals surface area contributed by atoms with Gasteiger partial charge >= 0.3 is 0 Å². The fraction of sp³-hybridized carbons (Fsp3) is 0.421. The summed E-state index contributed by atoms with van der Waals surface area (Å²) in [5, 5.41) is 10.2. The van der Waals surface area contributed by atoms with Crippen molar-refractivity contribution in [1.82, 2.24) is 25.6 Å². The summed E-state index contributed by atoms with van der Waals surface area (Å²) in [6.45, 7) is 4.35. The van der Waals surface area contributed by atoms with Gasteiger partial charge in [-0.3, -0.25) is 10.3 Å². The van der Waals surface area contributed by atoms with Crippen molar-refractivity contribution in [1.29, 1.82) is 0 Å². The lowest BCUT2D eigenvalue weighted by atomic mass is 10.3. The summed E-state index contributed by atoms with van der Waals surface area (Å²) in [5.41, 5.74) is 2.79. The highest BCUT2D eigenvalue weighted by molar-refractivity contribution is 7.80. The van der Waals surface area contributed by atoms with Crippen LogP contribution in [0.1, 0.15) is 42.6 Å². The minimum atomic E-state index is 0.432. The molecule has 3 N–H and O–H groups in total. The van der Waals surface area contributed by atoms with Gasteiger partial charge in [-0.05, 0) is 56.6 Å². The van der Waals surface area contributed by atoms with Gasteiger partial charge in [-0.1, -0.05) is 18.9 Å². The topological polar surface area (TPSA) is 87.1 Å². The van der Waals surface area contributed by atoms with Crippen molar-refractivity contribution < 1.29 is 0 Å². The zero-order valence-electron chi connectivity index (χ0n) is 15.7. The van der Waals surface area contributed by atoms with Crippen molar-refractivity contribution in [2.24, 2.45) is 4.99 Å². The molecule has 1 saturated carbocycles. The molecule has 7 nitrogen and oxygen atoms in total. The first-order valence-corrected chi connectivity index (χ1v) is 9.59. The molecule has 0 radical (unpaired) electrons. The second-order valence-corrected chi connectivity index (χ2v) is 7.11. The van der Waals surface area contributed by atoms with Crippen LogP contribution in [0.2, 0.25) is 0 Å². The van der Waals surface area contributed by atoms with Gasteiger partial charge in [0.25, 0.3) is 0 Å². The van der Waals surface area contributed by atoms with Crippen LogP contribution < -0.4 is 16.0 Å². The van der Waals surface area contributed by atoms with E-state index in [4.69, 9.17) is 12.2 Å². The van der Waals surface area contributed by atoms with Crippen LogP contribution in [0.5, 0.6) is 0 Å². The van der Waals surface area contributed by atoms with E-state index in [0.717, 1.165) is 29.8 Å². The van der Waals surface area contributed by atoms with Crippen molar-refractivity contribution in [2.45, 2.75) is 52.1 Å². The third-order valence-electron chi connectivity index (χ3n) is 4.28. The summed E-state index contributed by atoms with van der Waals surface area (Å²) in [6, 6.07) is 6.24. The number of rotatable bonds is 4. The number of nitrogens with one attached hydrogen (secondary N) is 3. The largest absolute Gasteiger partial charge is 0.360 e. The van der Waals surface area contributed by atoms with E-state index in [2.05, 4.69) is 35.9 Å². The Bertz CT molecular complexity index is 781. The van der Waals surface area contributed by atoms with E-state index in [1.54, 1.807) is 12.4 Å². The van der Waals surface area contributed by atoms with Gasteiger partial charge in [0.05, 0.1) is 6.54 Å². The monoisotopic (exact) mass is 383 g/mol. The summed E-state index contributed by atoms with van der Waals surface area (Å²) in [4.78, 5) is 17.6. The van der Waals surface area contributed by atoms with E-state index < -0.39 is 0 Å². The zero-order valence-corrected chi connectivity index (χ0v) is 16.5. The molecule has 1 fully saturated rings. The summed E-state index contributed by atoms with van der Waals surface area (Å²) in [5.74, 6) is 1.01. The first-order valence-electron chi connectivity index (χ1n) is 9.18. The third kappa shape index (κ3) is 6.25. The number of aromatic nitrogens is 3. The molecule has 27 heavy (non-hydrogen) atoms. The Morgan fingerprint density at radius 2 is 1.96 bits per heavy atom. The molecule has 0 amide bonds. The Morgan fingerprint density at radius 1 is 1.22 bits per heavy atom. The van der Waals surface area contributed by atoms with Crippen LogP contribution in [-0.2, 0) is 6.54 Å². The van der Waals surface area contributed by atoms with Gasteiger partial charge < -0.3 is 10.6 Å². The van der Waals surface area contributed by atoms with E-state index in [1.165, 1.54) is 12.8 Å². The van der Waals surface area contributed by atoms with Crippen molar-refractivity contribution in [3.05, 3.63) is 47.5 Å². The van der Waals surface area contributed by atoms with E-state index in [1.807, 2.05) is 32.0 Å². The number of aliphatic imine (C=N–C) groups is 1. The van der Waals surface area contributed by atoms with Gasteiger partial charge in [0, 0.05) is 29.8 Å². The minimum absolute atomic E-state index is 0.432. The molecule has 1 aliphatic rings. The van der Waals surface area contributed by atoms with Crippen molar-refractivity contribution in [3.8, 4) is 0 Å². The predicted octanol–water partition coefficient (Wildman–Crippen LogP) is 2.86. The molecule has 2 heterocycles. The molecule has 3 rings (SSSR count). The molecule has 0 spiro atoms. The van der Waals surface area contributed by atoms with Gasteiger partial charge in [-0.25, -0.2) is 15.0 Å². The number of anilines is 1. The second kappa shape index (κ2) is 9.36. The fourth-order valence-electron chi connectivity index (χ4n) is 3.06. The molecule has 142 valence electrons. The van der Waals surface area contributed by atoms with Crippen LogP contribution in [0.4, 0.5) is 5.95 Å². The predicted molar refractivity (Wildman–Crippen MR) is 112 cm³/mol. The smallest absolute Gasteiger partial charge is 0.229 e. The van der Waals surface area contributed by atoms with Crippen LogP contribution in [0.25, 0.3) is 0 Å². The number of hydrogen-bond donors (Lipinski definition) is 3. The van der Waals surface area contributed by atoms with Gasteiger partial charge in [0.1, 0.15) is 0 Å². The van der Waals surface area contributed by atoms with Crippen molar-refractivity contribution >= 4 is 29.2 Å². The van der Waals surface area contributed by atoms with E-state index in [0.29, 0.717) is 29.6 Å². The molecule has 0 aliphatic heterocycles. The molecule has 0 aromatic carbocycles. The SMILES string of the molecule is Cc1cc(C)nc(NC(=NCc2cccnc2)NC(=S)NC2CCCC2)n1. The first-order chi connectivity index (χ1) is 13.1. The number of thiocarbonyl (C=S) groups is 1. The molecule has 0 unspecified atom stereocenters. The second-order valence-electron chi connectivity index (χ2n) is 6.71. The maximum atomic E-state index is 5.47. The number of aryl methyl sites for hydroxylation is 2. The first kappa shape index (κ1) is 19.2. The number of hydrogen-bond acceptors (Lipinski definition) is 5. The Hall–Kier alpha value is -2.61. The zero-order chi connectivity index (χ0) is 19.1. The van der Waals surface area contributed by atoms with Gasteiger partial charge in [0.15, 0.2) is 5.11 Å². The highest BCUT2D eigenvalue weighted by atomic mass is 32.1. The standard InChI is InChI=1S/C19H25N7S/c1-13-10-14(2)23-18(22-13)25-17(21-12-15-6-5-9-20-11-15)26-19(27)24-16-7-3-4-8-16/h5-6,9-11,16H,3-4,7-8,12H2,1-2H3,(H3,21,22,23,24,25,26,27).